The molecule has 6 nitrogen and oxygen atoms in total. The molecule has 0 atom stereocenters. The molecular formula is C23H27N3O3S. The highest BCUT2D eigenvalue weighted by atomic mass is 32.2. The minimum Gasteiger partial charge on any atom is -0.334 e. The molecule has 0 saturated heterocycles. The van der Waals surface area contributed by atoms with Crippen LogP contribution in [0.5, 0.6) is 0 Å². The van der Waals surface area contributed by atoms with E-state index in [0.717, 1.165) is 22.7 Å². The van der Waals surface area contributed by atoms with E-state index in [4.69, 9.17) is 5.26 Å². The molecule has 1 aliphatic carbocycles. The van der Waals surface area contributed by atoms with Gasteiger partial charge in [0.15, 0.2) is 0 Å². The lowest BCUT2D eigenvalue weighted by Crippen LogP contribution is -2.41. The molecule has 0 N–H and O–H groups in total. The summed E-state index contributed by atoms with van der Waals surface area (Å²) in [5.41, 5.74) is 2.67. The zero-order valence-electron chi connectivity index (χ0n) is 17.6. The fraction of sp³-hybridized carbons (Fsp3) is 0.391. The fourth-order valence-corrected chi connectivity index (χ4v) is 4.38. The van der Waals surface area contributed by atoms with Gasteiger partial charge in [0.25, 0.3) is 0 Å². The van der Waals surface area contributed by atoms with Gasteiger partial charge in [-0.25, -0.2) is 8.42 Å². The van der Waals surface area contributed by atoms with Gasteiger partial charge in [-0.15, -0.1) is 0 Å². The number of nitrogens with zero attached hydrogens (tertiary/aromatic N) is 3. The van der Waals surface area contributed by atoms with Crippen LogP contribution in [0.25, 0.3) is 0 Å². The summed E-state index contributed by atoms with van der Waals surface area (Å²) in [4.78, 5) is 14.8. The average Bonchev–Trinajstić information content (AvgIpc) is 3.57. The Kier molecular flexibility index (Phi) is 6.59. The molecule has 1 amide bonds. The summed E-state index contributed by atoms with van der Waals surface area (Å²) >= 11 is 0. The van der Waals surface area contributed by atoms with E-state index in [-0.39, 0.29) is 23.4 Å². The second kappa shape index (κ2) is 8.99. The largest absolute Gasteiger partial charge is 0.334 e. The third-order valence-electron chi connectivity index (χ3n) is 5.36. The van der Waals surface area contributed by atoms with Crippen molar-refractivity contribution in [3.63, 3.8) is 0 Å². The molecule has 0 aromatic heterocycles. The van der Waals surface area contributed by atoms with Crippen LogP contribution in [0.4, 0.5) is 0 Å². The molecule has 1 saturated carbocycles. The summed E-state index contributed by atoms with van der Waals surface area (Å²) in [7, 11) is -2.40. The van der Waals surface area contributed by atoms with Crippen LogP contribution in [0.1, 0.15) is 49.3 Å². The number of rotatable bonds is 8. The van der Waals surface area contributed by atoms with E-state index < -0.39 is 10.0 Å². The Morgan fingerprint density at radius 1 is 1.10 bits per heavy atom. The maximum absolute atomic E-state index is 13.0. The lowest BCUT2D eigenvalue weighted by Gasteiger charge is -2.25. The van der Waals surface area contributed by atoms with Crippen molar-refractivity contribution in [2.24, 2.45) is 0 Å². The maximum Gasteiger partial charge on any atom is 0.243 e. The van der Waals surface area contributed by atoms with Crippen molar-refractivity contribution >= 4 is 15.9 Å². The van der Waals surface area contributed by atoms with Gasteiger partial charge in [0, 0.05) is 19.6 Å². The SMILES string of the molecule is CC(C)c1ccc(CN(C(=O)CN(C)S(=O)(=O)c2ccc(C#N)cc2)C2CC2)cc1. The zero-order valence-corrected chi connectivity index (χ0v) is 18.4. The van der Waals surface area contributed by atoms with Gasteiger partial charge in [-0.1, -0.05) is 38.1 Å². The Bertz CT molecular complexity index is 1030. The summed E-state index contributed by atoms with van der Waals surface area (Å²) < 4.78 is 26.7. The van der Waals surface area contributed by atoms with Crippen LogP contribution in [0.15, 0.2) is 53.4 Å². The van der Waals surface area contributed by atoms with Crippen molar-refractivity contribution in [1.29, 1.82) is 5.26 Å². The van der Waals surface area contributed by atoms with Crippen molar-refractivity contribution in [2.45, 2.75) is 50.1 Å². The van der Waals surface area contributed by atoms with Gasteiger partial charge in [-0.05, 0) is 54.2 Å². The molecule has 0 aliphatic heterocycles. The van der Waals surface area contributed by atoms with E-state index in [1.165, 1.54) is 36.9 Å². The number of nitriles is 1. The molecule has 0 unspecified atom stereocenters. The third kappa shape index (κ3) is 5.07. The molecular weight excluding hydrogens is 398 g/mol. The molecule has 3 rings (SSSR count). The summed E-state index contributed by atoms with van der Waals surface area (Å²) in [6, 6.07) is 16.1. The molecule has 0 heterocycles. The van der Waals surface area contributed by atoms with Gasteiger partial charge in [-0.2, -0.15) is 9.57 Å². The monoisotopic (exact) mass is 425 g/mol. The second-order valence-corrected chi connectivity index (χ2v) is 10.1. The number of carbonyl (C=O) groups excluding carboxylic acids is 1. The van der Waals surface area contributed by atoms with E-state index in [1.807, 2.05) is 18.2 Å². The highest BCUT2D eigenvalue weighted by Gasteiger charge is 2.34. The topological polar surface area (TPSA) is 81.5 Å². The van der Waals surface area contributed by atoms with E-state index in [1.54, 1.807) is 4.90 Å². The quantitative estimate of drug-likeness (QED) is 0.648. The molecule has 2 aromatic carbocycles. The van der Waals surface area contributed by atoms with Gasteiger partial charge >= 0.3 is 0 Å². The minimum atomic E-state index is -3.81. The average molecular weight is 426 g/mol. The van der Waals surface area contributed by atoms with Crippen LogP contribution < -0.4 is 0 Å². The number of likely N-dealkylation sites (N-methyl/N-ethyl adjacent to an activating group) is 1. The van der Waals surface area contributed by atoms with Crippen LogP contribution in [0, 0.1) is 11.3 Å². The zero-order chi connectivity index (χ0) is 21.9. The molecule has 30 heavy (non-hydrogen) atoms. The van der Waals surface area contributed by atoms with Crippen molar-refractivity contribution in [3.05, 3.63) is 65.2 Å². The molecule has 1 aliphatic rings. The van der Waals surface area contributed by atoms with Crippen molar-refractivity contribution in [2.75, 3.05) is 13.6 Å². The summed E-state index contributed by atoms with van der Waals surface area (Å²) in [5.74, 6) is 0.242. The number of carbonyl (C=O) groups is 1. The maximum atomic E-state index is 13.0. The van der Waals surface area contributed by atoms with E-state index in [9.17, 15) is 13.2 Å². The summed E-state index contributed by atoms with van der Waals surface area (Å²) in [6.07, 6.45) is 1.89. The Labute approximate surface area is 178 Å². The molecule has 0 bridgehead atoms. The van der Waals surface area contributed by atoms with Crippen LogP contribution in [0.2, 0.25) is 0 Å². The lowest BCUT2D eigenvalue weighted by molar-refractivity contribution is -0.132. The number of benzene rings is 2. The number of hydrogen-bond donors (Lipinski definition) is 0. The van der Waals surface area contributed by atoms with Gasteiger partial charge in [-0.3, -0.25) is 4.79 Å². The van der Waals surface area contributed by atoms with Crippen LogP contribution in [0.3, 0.4) is 0 Å². The van der Waals surface area contributed by atoms with Gasteiger partial charge < -0.3 is 4.90 Å². The van der Waals surface area contributed by atoms with Crippen molar-refractivity contribution < 1.29 is 13.2 Å². The lowest BCUT2D eigenvalue weighted by atomic mass is 10.0. The normalized spacial score (nSPS) is 14.0. The Hall–Kier alpha value is -2.69. The smallest absolute Gasteiger partial charge is 0.243 e. The van der Waals surface area contributed by atoms with Crippen molar-refractivity contribution in [1.82, 2.24) is 9.21 Å². The van der Waals surface area contributed by atoms with E-state index in [0.29, 0.717) is 18.0 Å². The highest BCUT2D eigenvalue weighted by Crippen LogP contribution is 2.29. The van der Waals surface area contributed by atoms with Crippen LogP contribution >= 0.6 is 0 Å². The minimum absolute atomic E-state index is 0.0686. The fourth-order valence-electron chi connectivity index (χ4n) is 3.26. The Morgan fingerprint density at radius 2 is 1.70 bits per heavy atom. The van der Waals surface area contributed by atoms with E-state index in [2.05, 4.69) is 26.0 Å². The number of hydrogen-bond acceptors (Lipinski definition) is 4. The Morgan fingerprint density at radius 3 is 2.20 bits per heavy atom. The second-order valence-electron chi connectivity index (χ2n) is 8.05. The van der Waals surface area contributed by atoms with E-state index >= 15 is 0 Å². The molecule has 158 valence electrons. The first-order valence-corrected chi connectivity index (χ1v) is 11.5. The van der Waals surface area contributed by atoms with Gasteiger partial charge in [0.05, 0.1) is 23.1 Å². The number of sulfonamides is 1. The summed E-state index contributed by atoms with van der Waals surface area (Å²) in [6.45, 7) is 4.54. The first-order chi connectivity index (χ1) is 14.2. The van der Waals surface area contributed by atoms with Crippen molar-refractivity contribution in [3.8, 4) is 6.07 Å². The molecule has 1 fully saturated rings. The first-order valence-electron chi connectivity index (χ1n) is 10.1. The van der Waals surface area contributed by atoms with Crippen LogP contribution in [-0.4, -0.2) is 43.2 Å². The van der Waals surface area contributed by atoms with Gasteiger partial charge in [0.2, 0.25) is 15.9 Å². The molecule has 7 heteroatoms. The predicted octanol–water partition coefficient (Wildman–Crippen LogP) is 3.49. The van der Waals surface area contributed by atoms with Gasteiger partial charge in [0.1, 0.15) is 0 Å². The predicted molar refractivity (Wildman–Crippen MR) is 115 cm³/mol. The molecule has 0 radical (unpaired) electrons. The Balaban J connectivity index is 1.70. The summed E-state index contributed by atoms with van der Waals surface area (Å²) in [5, 5.41) is 8.88. The number of amides is 1. The molecule has 2 aromatic rings. The first kappa shape index (κ1) is 22.0. The molecule has 0 spiro atoms. The highest BCUT2D eigenvalue weighted by molar-refractivity contribution is 7.89. The standard InChI is InChI=1S/C23H27N3O3S/c1-17(2)20-8-4-19(5-9-20)15-26(21-10-11-21)23(27)16-25(3)30(28,29)22-12-6-18(14-24)7-13-22/h4-9,12-13,17,21H,10-11,15-16H2,1-3H3. The van der Waals surface area contributed by atoms with Crippen LogP contribution in [-0.2, 0) is 21.4 Å². The third-order valence-corrected chi connectivity index (χ3v) is 7.17.